The van der Waals surface area contributed by atoms with Gasteiger partial charge in [-0.05, 0) is 24.2 Å². The molecule has 19 heavy (non-hydrogen) atoms. The summed E-state index contributed by atoms with van der Waals surface area (Å²) in [6.45, 7) is 5.20. The minimum absolute atomic E-state index is 0.0748. The van der Waals surface area contributed by atoms with E-state index in [1.165, 1.54) is 0 Å². The average molecular weight is 290 g/mol. The molecular weight excluding hydrogens is 268 g/mol. The molecule has 0 heterocycles. The SMILES string of the molecule is C[C@H](CO)COS(=O)(=O)C12CCC(CC1=O)C2(C)C. The van der Waals surface area contributed by atoms with Gasteiger partial charge in [0.25, 0.3) is 10.1 Å². The van der Waals surface area contributed by atoms with Gasteiger partial charge in [0.05, 0.1) is 6.61 Å². The van der Waals surface area contributed by atoms with Crippen LogP contribution in [0.4, 0.5) is 0 Å². The summed E-state index contributed by atoms with van der Waals surface area (Å²) in [5.41, 5.74) is -0.564. The van der Waals surface area contributed by atoms with Crippen molar-refractivity contribution in [1.82, 2.24) is 0 Å². The topological polar surface area (TPSA) is 80.7 Å². The van der Waals surface area contributed by atoms with Crippen molar-refractivity contribution in [2.24, 2.45) is 17.3 Å². The van der Waals surface area contributed by atoms with Crippen LogP contribution in [0.3, 0.4) is 0 Å². The van der Waals surface area contributed by atoms with Gasteiger partial charge < -0.3 is 5.11 Å². The molecule has 0 radical (unpaired) electrons. The number of fused-ring (bicyclic) bond motifs is 2. The average Bonchev–Trinajstić information content (AvgIpc) is 2.70. The molecule has 5 nitrogen and oxygen atoms in total. The van der Waals surface area contributed by atoms with Gasteiger partial charge in [0.2, 0.25) is 0 Å². The lowest BCUT2D eigenvalue weighted by molar-refractivity contribution is -0.121. The zero-order valence-corrected chi connectivity index (χ0v) is 12.5. The fraction of sp³-hybridized carbons (Fsp3) is 0.923. The molecule has 0 aliphatic heterocycles. The first-order valence-corrected chi connectivity index (χ1v) is 8.13. The standard InChI is InChI=1S/C13H22O5S/c1-9(7-14)8-18-19(16,17)13-5-4-10(6-11(13)15)12(13,2)3/h9-10,14H,4-8H2,1-3H3/t9-,10?,13?/m1/s1. The lowest BCUT2D eigenvalue weighted by Crippen LogP contribution is -2.51. The van der Waals surface area contributed by atoms with E-state index < -0.39 is 20.3 Å². The van der Waals surface area contributed by atoms with Crippen molar-refractivity contribution in [1.29, 1.82) is 0 Å². The van der Waals surface area contributed by atoms with Crippen LogP contribution in [0.2, 0.25) is 0 Å². The van der Waals surface area contributed by atoms with Crippen LogP contribution in [0, 0.1) is 17.3 Å². The van der Waals surface area contributed by atoms with Crippen molar-refractivity contribution >= 4 is 15.9 Å². The number of carbonyl (C=O) groups excluding carboxylic acids is 1. The summed E-state index contributed by atoms with van der Waals surface area (Å²) in [7, 11) is -3.95. The summed E-state index contributed by atoms with van der Waals surface area (Å²) in [5.74, 6) is -0.331. The van der Waals surface area contributed by atoms with E-state index in [2.05, 4.69) is 0 Å². The molecule has 2 bridgehead atoms. The second kappa shape index (κ2) is 4.53. The van der Waals surface area contributed by atoms with Crippen LogP contribution in [-0.2, 0) is 19.1 Å². The molecule has 0 aromatic carbocycles. The van der Waals surface area contributed by atoms with E-state index in [-0.39, 0.29) is 30.8 Å². The summed E-state index contributed by atoms with van der Waals surface area (Å²) >= 11 is 0. The van der Waals surface area contributed by atoms with Crippen LogP contribution >= 0.6 is 0 Å². The van der Waals surface area contributed by atoms with Gasteiger partial charge in [-0.3, -0.25) is 8.98 Å². The summed E-state index contributed by atoms with van der Waals surface area (Å²) in [4.78, 5) is 12.2. The van der Waals surface area contributed by atoms with Gasteiger partial charge in [-0.2, -0.15) is 8.42 Å². The molecule has 6 heteroatoms. The molecule has 0 amide bonds. The van der Waals surface area contributed by atoms with Crippen molar-refractivity contribution in [3.8, 4) is 0 Å². The summed E-state index contributed by atoms with van der Waals surface area (Å²) in [6.07, 6.45) is 1.46. The van der Waals surface area contributed by atoms with Crippen LogP contribution in [0.1, 0.15) is 40.0 Å². The molecule has 3 atom stereocenters. The van der Waals surface area contributed by atoms with Gasteiger partial charge in [-0.15, -0.1) is 0 Å². The maximum absolute atomic E-state index is 12.5. The predicted molar refractivity (Wildman–Crippen MR) is 70.0 cm³/mol. The van der Waals surface area contributed by atoms with E-state index >= 15 is 0 Å². The van der Waals surface area contributed by atoms with Crippen molar-refractivity contribution in [3.05, 3.63) is 0 Å². The van der Waals surface area contributed by atoms with Gasteiger partial charge in [0.1, 0.15) is 0 Å². The molecule has 0 saturated heterocycles. The quantitative estimate of drug-likeness (QED) is 0.767. The zero-order valence-electron chi connectivity index (χ0n) is 11.7. The first-order valence-electron chi connectivity index (χ1n) is 6.72. The normalized spacial score (nSPS) is 34.7. The van der Waals surface area contributed by atoms with Crippen molar-refractivity contribution < 1.29 is 22.5 Å². The Bertz CT molecular complexity index is 481. The Morgan fingerprint density at radius 2 is 2.11 bits per heavy atom. The third-order valence-corrected chi connectivity index (χ3v) is 7.29. The number of rotatable bonds is 5. The maximum atomic E-state index is 12.5. The molecule has 2 unspecified atom stereocenters. The molecule has 2 fully saturated rings. The minimum Gasteiger partial charge on any atom is -0.396 e. The fourth-order valence-corrected chi connectivity index (χ4v) is 5.73. The van der Waals surface area contributed by atoms with E-state index in [4.69, 9.17) is 9.29 Å². The third-order valence-electron chi connectivity index (χ3n) is 5.03. The van der Waals surface area contributed by atoms with E-state index in [9.17, 15) is 13.2 Å². The smallest absolute Gasteiger partial charge is 0.280 e. The third kappa shape index (κ3) is 1.87. The van der Waals surface area contributed by atoms with Crippen LogP contribution in [0.5, 0.6) is 0 Å². The van der Waals surface area contributed by atoms with E-state index in [0.29, 0.717) is 12.8 Å². The predicted octanol–water partition coefficient (Wildman–Crippen LogP) is 1.11. The Hall–Kier alpha value is -0.460. The fourth-order valence-electron chi connectivity index (χ4n) is 3.58. The molecule has 2 aliphatic carbocycles. The first-order chi connectivity index (χ1) is 8.69. The molecule has 0 spiro atoms. The van der Waals surface area contributed by atoms with E-state index in [1.54, 1.807) is 6.92 Å². The number of hydrogen-bond acceptors (Lipinski definition) is 5. The number of aliphatic hydroxyl groups is 1. The second-order valence-electron chi connectivity index (χ2n) is 6.44. The Labute approximate surface area is 114 Å². The van der Waals surface area contributed by atoms with Gasteiger partial charge in [0, 0.05) is 18.9 Å². The highest BCUT2D eigenvalue weighted by molar-refractivity contribution is 7.89. The van der Waals surface area contributed by atoms with Crippen molar-refractivity contribution in [2.75, 3.05) is 13.2 Å². The Kier molecular flexibility index (Phi) is 3.56. The van der Waals surface area contributed by atoms with Crippen molar-refractivity contribution in [3.63, 3.8) is 0 Å². The Balaban J connectivity index is 2.31. The van der Waals surface area contributed by atoms with Gasteiger partial charge in [-0.1, -0.05) is 20.8 Å². The number of hydrogen-bond donors (Lipinski definition) is 1. The Morgan fingerprint density at radius 1 is 1.47 bits per heavy atom. The maximum Gasteiger partial charge on any atom is 0.280 e. The second-order valence-corrected chi connectivity index (χ2v) is 8.28. The minimum atomic E-state index is -3.95. The zero-order chi connectivity index (χ0) is 14.5. The number of Topliss-reactive ketones (excluding diaryl/α,β-unsaturated/α-hetero) is 1. The van der Waals surface area contributed by atoms with Gasteiger partial charge >= 0.3 is 0 Å². The molecule has 0 aromatic heterocycles. The lowest BCUT2D eigenvalue weighted by Gasteiger charge is -2.35. The highest BCUT2D eigenvalue weighted by Crippen LogP contribution is 2.62. The highest BCUT2D eigenvalue weighted by atomic mass is 32.2. The monoisotopic (exact) mass is 290 g/mol. The highest BCUT2D eigenvalue weighted by Gasteiger charge is 2.71. The van der Waals surface area contributed by atoms with E-state index in [0.717, 1.165) is 6.42 Å². The molecule has 1 N–H and O–H groups in total. The Morgan fingerprint density at radius 3 is 2.53 bits per heavy atom. The number of ketones is 1. The largest absolute Gasteiger partial charge is 0.396 e. The molecule has 2 rings (SSSR count). The lowest BCUT2D eigenvalue weighted by atomic mass is 9.81. The first kappa shape index (κ1) is 14.9. The van der Waals surface area contributed by atoms with Gasteiger partial charge in [-0.25, -0.2) is 0 Å². The number of aliphatic hydroxyl groups excluding tert-OH is 1. The van der Waals surface area contributed by atoms with Crippen LogP contribution in [0.15, 0.2) is 0 Å². The number of carbonyl (C=O) groups is 1. The van der Waals surface area contributed by atoms with Crippen LogP contribution in [0.25, 0.3) is 0 Å². The molecular formula is C13H22O5S. The molecule has 2 aliphatic rings. The summed E-state index contributed by atoms with van der Waals surface area (Å²) in [5, 5.41) is 8.94. The molecule has 2 saturated carbocycles. The summed E-state index contributed by atoms with van der Waals surface area (Å²) in [6, 6.07) is 0. The van der Waals surface area contributed by atoms with E-state index in [1.807, 2.05) is 13.8 Å². The van der Waals surface area contributed by atoms with Crippen molar-refractivity contribution in [2.45, 2.75) is 44.8 Å². The van der Waals surface area contributed by atoms with Gasteiger partial charge in [0.15, 0.2) is 10.5 Å². The van der Waals surface area contributed by atoms with Crippen LogP contribution < -0.4 is 0 Å². The molecule has 0 aromatic rings. The molecule has 110 valence electrons. The van der Waals surface area contributed by atoms with Crippen LogP contribution in [-0.4, -0.2) is 37.3 Å². The summed E-state index contributed by atoms with van der Waals surface area (Å²) < 4.78 is 28.8.